The minimum Gasteiger partial charge on any atom is -0.463 e. The largest absolute Gasteiger partial charge is 0.463 e. The van der Waals surface area contributed by atoms with E-state index >= 15 is 0 Å². The molecule has 1 aromatic heterocycles. The monoisotopic (exact) mass is 269 g/mol. The molecule has 0 unspecified atom stereocenters. The second-order valence-corrected chi connectivity index (χ2v) is 3.42. The average molecular weight is 269 g/mol. The molecule has 102 valence electrons. The van der Waals surface area contributed by atoms with Gasteiger partial charge in [-0.25, -0.2) is 13.6 Å². The van der Waals surface area contributed by atoms with Crippen molar-refractivity contribution in [1.82, 2.24) is 5.32 Å². The summed E-state index contributed by atoms with van der Waals surface area (Å²) in [5.74, 6) is -4.73. The second kappa shape index (κ2) is 5.85. The van der Waals surface area contributed by atoms with Gasteiger partial charge in [-0.3, -0.25) is 0 Å². The van der Waals surface area contributed by atoms with Crippen LogP contribution in [0, 0.1) is 0 Å². The van der Waals surface area contributed by atoms with Crippen LogP contribution in [0.3, 0.4) is 0 Å². The first kappa shape index (κ1) is 14.5. The van der Waals surface area contributed by atoms with Gasteiger partial charge in [0.05, 0.1) is 20.2 Å². The van der Waals surface area contributed by atoms with Gasteiger partial charge in [0.1, 0.15) is 5.76 Å². The summed E-state index contributed by atoms with van der Waals surface area (Å²) in [4.78, 5) is 11.0. The van der Waals surface area contributed by atoms with Crippen molar-refractivity contribution in [2.75, 3.05) is 13.7 Å². The van der Waals surface area contributed by atoms with Crippen LogP contribution in [0.5, 0.6) is 0 Å². The first-order valence-corrected chi connectivity index (χ1v) is 4.90. The molecular formula is C10H11F4NO3. The smallest absolute Gasteiger partial charge is 0.373 e. The summed E-state index contributed by atoms with van der Waals surface area (Å²) < 4.78 is 58.0. The van der Waals surface area contributed by atoms with Gasteiger partial charge >= 0.3 is 18.3 Å². The van der Waals surface area contributed by atoms with Crippen LogP contribution in [0.1, 0.15) is 16.3 Å². The van der Waals surface area contributed by atoms with Crippen LogP contribution in [0.25, 0.3) is 0 Å². The number of methoxy groups -OCH3 is 1. The third kappa shape index (κ3) is 3.73. The van der Waals surface area contributed by atoms with Crippen molar-refractivity contribution in [2.45, 2.75) is 18.9 Å². The minimum absolute atomic E-state index is 0.0880. The zero-order valence-corrected chi connectivity index (χ0v) is 9.38. The van der Waals surface area contributed by atoms with E-state index in [2.05, 4.69) is 10.1 Å². The molecule has 1 aromatic rings. The molecular weight excluding hydrogens is 258 g/mol. The molecule has 0 aromatic carbocycles. The molecule has 1 rings (SSSR count). The van der Waals surface area contributed by atoms with Crippen LogP contribution < -0.4 is 5.32 Å². The molecule has 0 fully saturated rings. The molecule has 0 aliphatic carbocycles. The maximum Gasteiger partial charge on any atom is 0.373 e. The van der Waals surface area contributed by atoms with Gasteiger partial charge in [-0.2, -0.15) is 8.78 Å². The van der Waals surface area contributed by atoms with Gasteiger partial charge in [-0.05, 0) is 12.1 Å². The van der Waals surface area contributed by atoms with Gasteiger partial charge in [0, 0.05) is 0 Å². The standard InChI is InChI=1S/C10H11F4NO3/c1-17-8(16)7-3-2-6(18-7)4-15-5-10(13,14)9(11)12/h2-3,9,15H,4-5H2,1H3. The molecule has 0 amide bonds. The lowest BCUT2D eigenvalue weighted by atomic mass is 10.3. The number of furan rings is 1. The fraction of sp³-hybridized carbons (Fsp3) is 0.500. The van der Waals surface area contributed by atoms with Crippen LogP contribution >= 0.6 is 0 Å². The van der Waals surface area contributed by atoms with E-state index in [-0.39, 0.29) is 18.1 Å². The maximum absolute atomic E-state index is 12.5. The van der Waals surface area contributed by atoms with Crippen LogP contribution in [0.2, 0.25) is 0 Å². The predicted molar refractivity (Wildman–Crippen MR) is 52.7 cm³/mol. The van der Waals surface area contributed by atoms with Crippen molar-refractivity contribution in [1.29, 1.82) is 0 Å². The Morgan fingerprint density at radius 2 is 2.17 bits per heavy atom. The van der Waals surface area contributed by atoms with Gasteiger partial charge in [0.25, 0.3) is 0 Å². The van der Waals surface area contributed by atoms with E-state index in [9.17, 15) is 22.4 Å². The number of carbonyl (C=O) groups is 1. The number of carbonyl (C=O) groups excluding carboxylic acids is 1. The Kier molecular flexibility index (Phi) is 4.71. The Balaban J connectivity index is 2.45. The molecule has 0 aliphatic heterocycles. The SMILES string of the molecule is COC(=O)c1ccc(CNCC(F)(F)C(F)F)o1. The van der Waals surface area contributed by atoms with E-state index in [4.69, 9.17) is 4.42 Å². The Bertz CT molecular complexity index is 406. The Hall–Kier alpha value is -1.57. The van der Waals surface area contributed by atoms with Crippen molar-refractivity contribution < 1.29 is 31.5 Å². The Morgan fingerprint density at radius 1 is 1.50 bits per heavy atom. The Labute approximate surface area is 99.9 Å². The quantitative estimate of drug-likeness (QED) is 0.634. The van der Waals surface area contributed by atoms with Crippen molar-refractivity contribution in [3.63, 3.8) is 0 Å². The molecule has 0 spiro atoms. The van der Waals surface area contributed by atoms with Crippen LogP contribution in [-0.2, 0) is 11.3 Å². The fourth-order valence-electron chi connectivity index (χ4n) is 1.11. The molecule has 0 saturated heterocycles. The van der Waals surface area contributed by atoms with E-state index < -0.39 is 24.9 Å². The van der Waals surface area contributed by atoms with E-state index in [0.29, 0.717) is 0 Å². The normalized spacial score (nSPS) is 11.9. The summed E-state index contributed by atoms with van der Waals surface area (Å²) in [5.41, 5.74) is 0. The summed E-state index contributed by atoms with van der Waals surface area (Å²) in [5, 5.41) is 2.12. The van der Waals surface area contributed by atoms with Crippen molar-refractivity contribution in [3.8, 4) is 0 Å². The molecule has 0 atom stereocenters. The highest BCUT2D eigenvalue weighted by atomic mass is 19.3. The van der Waals surface area contributed by atoms with Crippen LogP contribution in [0.15, 0.2) is 16.5 Å². The molecule has 0 aliphatic rings. The average Bonchev–Trinajstić information content (AvgIpc) is 2.76. The molecule has 0 saturated carbocycles. The number of esters is 1. The predicted octanol–water partition coefficient (Wildman–Crippen LogP) is 2.06. The van der Waals surface area contributed by atoms with E-state index in [1.54, 1.807) is 0 Å². The fourth-order valence-corrected chi connectivity index (χ4v) is 1.11. The van der Waals surface area contributed by atoms with Gasteiger partial charge < -0.3 is 14.5 Å². The first-order chi connectivity index (χ1) is 8.36. The third-order valence-corrected chi connectivity index (χ3v) is 2.03. The third-order valence-electron chi connectivity index (χ3n) is 2.03. The van der Waals surface area contributed by atoms with Crippen molar-refractivity contribution in [2.24, 2.45) is 0 Å². The van der Waals surface area contributed by atoms with Gasteiger partial charge in [0.15, 0.2) is 0 Å². The highest BCUT2D eigenvalue weighted by Crippen LogP contribution is 2.21. The van der Waals surface area contributed by atoms with Gasteiger partial charge in [-0.1, -0.05) is 0 Å². The van der Waals surface area contributed by atoms with Crippen molar-refractivity contribution >= 4 is 5.97 Å². The molecule has 1 N–H and O–H groups in total. The van der Waals surface area contributed by atoms with Gasteiger partial charge in [-0.15, -0.1) is 0 Å². The summed E-state index contributed by atoms with van der Waals surface area (Å²) in [6.07, 6.45) is -3.73. The topological polar surface area (TPSA) is 51.5 Å². The number of halogens is 4. The lowest BCUT2D eigenvalue weighted by Gasteiger charge is -2.15. The second-order valence-electron chi connectivity index (χ2n) is 3.42. The van der Waals surface area contributed by atoms with Crippen LogP contribution in [-0.4, -0.2) is 32.0 Å². The zero-order valence-electron chi connectivity index (χ0n) is 9.38. The number of ether oxygens (including phenoxy) is 1. The lowest BCUT2D eigenvalue weighted by molar-refractivity contribution is -0.125. The summed E-state index contributed by atoms with van der Waals surface area (Å²) in [6.45, 7) is -1.38. The van der Waals surface area contributed by atoms with Crippen LogP contribution in [0.4, 0.5) is 17.6 Å². The first-order valence-electron chi connectivity index (χ1n) is 4.90. The number of rotatable bonds is 6. The molecule has 18 heavy (non-hydrogen) atoms. The Morgan fingerprint density at radius 3 is 2.72 bits per heavy atom. The summed E-state index contributed by atoms with van der Waals surface area (Å²) >= 11 is 0. The van der Waals surface area contributed by atoms with E-state index in [1.807, 2.05) is 0 Å². The molecule has 4 nitrogen and oxygen atoms in total. The zero-order chi connectivity index (χ0) is 13.8. The number of nitrogens with one attached hydrogen (secondary N) is 1. The lowest BCUT2D eigenvalue weighted by Crippen LogP contribution is -2.38. The van der Waals surface area contributed by atoms with Gasteiger partial charge in [0.2, 0.25) is 5.76 Å². The maximum atomic E-state index is 12.5. The molecule has 8 heteroatoms. The van der Waals surface area contributed by atoms with E-state index in [1.165, 1.54) is 12.1 Å². The highest BCUT2D eigenvalue weighted by Gasteiger charge is 2.40. The minimum atomic E-state index is -4.10. The molecule has 0 radical (unpaired) electrons. The summed E-state index contributed by atoms with van der Waals surface area (Å²) in [6, 6.07) is 2.66. The number of hydrogen-bond donors (Lipinski definition) is 1. The molecule has 1 heterocycles. The van der Waals surface area contributed by atoms with Crippen molar-refractivity contribution in [3.05, 3.63) is 23.7 Å². The number of alkyl halides is 4. The summed E-state index contributed by atoms with van der Waals surface area (Å²) in [7, 11) is 1.16. The highest BCUT2D eigenvalue weighted by molar-refractivity contribution is 5.86. The van der Waals surface area contributed by atoms with E-state index in [0.717, 1.165) is 7.11 Å². The molecule has 0 bridgehead atoms. The number of hydrogen-bond acceptors (Lipinski definition) is 4.